The molecular weight excluding hydrogens is 236 g/mol. The normalized spacial score (nSPS) is 13.8. The predicted molar refractivity (Wildman–Crippen MR) is 71.6 cm³/mol. The number of thioether (sulfide) groups is 2. The van der Waals surface area contributed by atoms with Crippen LogP contribution in [-0.4, -0.2) is 16.5 Å². The summed E-state index contributed by atoms with van der Waals surface area (Å²) < 4.78 is 0. The lowest BCUT2D eigenvalue weighted by atomic mass is 10.3. The molecule has 2 nitrogen and oxygen atoms in total. The highest BCUT2D eigenvalue weighted by Gasteiger charge is 2.11. The van der Waals surface area contributed by atoms with Gasteiger partial charge in [-0.15, -0.1) is 23.5 Å². The van der Waals surface area contributed by atoms with Gasteiger partial charge in [0.1, 0.15) is 0 Å². The second kappa shape index (κ2) is 5.97. The fourth-order valence-corrected chi connectivity index (χ4v) is 3.37. The smallest absolute Gasteiger partial charge is 0.0842 e. The summed E-state index contributed by atoms with van der Waals surface area (Å²) in [6.07, 6.45) is 1.59. The third kappa shape index (κ3) is 3.03. The van der Waals surface area contributed by atoms with Crippen LogP contribution >= 0.6 is 23.5 Å². The van der Waals surface area contributed by atoms with Crippen molar-refractivity contribution in [3.8, 4) is 6.07 Å². The minimum atomic E-state index is 0.643. The van der Waals surface area contributed by atoms with Crippen LogP contribution in [0.5, 0.6) is 0 Å². The average Bonchev–Trinajstić information content (AvgIpc) is 2.34. The van der Waals surface area contributed by atoms with Crippen LogP contribution in [0.3, 0.4) is 0 Å². The molecule has 0 aliphatic carbocycles. The molecule has 0 spiro atoms. The van der Waals surface area contributed by atoms with Gasteiger partial charge in [-0.25, -0.2) is 4.99 Å². The number of para-hydroxylation sites is 1. The molecule has 1 heterocycles. The third-order valence-electron chi connectivity index (χ3n) is 2.16. The first-order valence-corrected chi connectivity index (χ1v) is 7.16. The van der Waals surface area contributed by atoms with Crippen LogP contribution in [-0.2, 0) is 0 Å². The van der Waals surface area contributed by atoms with Crippen LogP contribution in [0.4, 0.5) is 5.69 Å². The maximum Gasteiger partial charge on any atom is 0.0842 e. The van der Waals surface area contributed by atoms with Crippen molar-refractivity contribution in [3.63, 3.8) is 0 Å². The molecule has 16 heavy (non-hydrogen) atoms. The number of benzene rings is 1. The topological polar surface area (TPSA) is 36.1 Å². The van der Waals surface area contributed by atoms with Gasteiger partial charge in [0.25, 0.3) is 0 Å². The van der Waals surface area contributed by atoms with Gasteiger partial charge < -0.3 is 0 Å². The lowest BCUT2D eigenvalue weighted by Crippen LogP contribution is -2.01. The lowest BCUT2D eigenvalue weighted by molar-refractivity contribution is 0.984. The minimum Gasteiger partial charge on any atom is -0.245 e. The van der Waals surface area contributed by atoms with E-state index in [0.717, 1.165) is 23.6 Å². The zero-order valence-corrected chi connectivity index (χ0v) is 10.5. The van der Waals surface area contributed by atoms with Gasteiger partial charge in [-0.05, 0) is 18.6 Å². The number of fused-ring (bicyclic) bond motifs is 1. The number of unbranched alkanes of at least 4 members (excludes halogenated alkanes) is 1. The van der Waals surface area contributed by atoms with E-state index in [1.54, 1.807) is 11.8 Å². The molecule has 1 aromatic rings. The van der Waals surface area contributed by atoms with Crippen LogP contribution in [0.25, 0.3) is 0 Å². The molecule has 4 heteroatoms. The second-order valence-corrected chi connectivity index (χ2v) is 5.56. The Balaban J connectivity index is 1.94. The molecule has 0 saturated heterocycles. The van der Waals surface area contributed by atoms with Gasteiger partial charge in [0, 0.05) is 22.8 Å². The van der Waals surface area contributed by atoms with Crippen molar-refractivity contribution in [3.05, 3.63) is 24.3 Å². The van der Waals surface area contributed by atoms with Crippen LogP contribution < -0.4 is 0 Å². The number of hydrogen-bond acceptors (Lipinski definition) is 4. The number of nitrogens with zero attached hydrogens (tertiary/aromatic N) is 2. The third-order valence-corrected chi connectivity index (χ3v) is 4.48. The summed E-state index contributed by atoms with van der Waals surface area (Å²) >= 11 is 3.62. The summed E-state index contributed by atoms with van der Waals surface area (Å²) in [6.45, 7) is 0. The first-order chi connectivity index (χ1) is 7.90. The highest BCUT2D eigenvalue weighted by molar-refractivity contribution is 8.16. The molecular formula is C12H12N2S2. The molecule has 2 rings (SSSR count). The molecule has 0 bridgehead atoms. The van der Waals surface area contributed by atoms with E-state index in [1.165, 1.54) is 9.94 Å². The van der Waals surface area contributed by atoms with Crippen molar-refractivity contribution in [1.29, 1.82) is 5.26 Å². The van der Waals surface area contributed by atoms with E-state index in [-0.39, 0.29) is 0 Å². The number of nitriles is 1. The standard InChI is InChI=1S/C12H12N2S2/c13-7-3-4-8-15-12-9-16-11-6-2-1-5-10(11)14-12/h1-2,5-6H,3-4,8-9H2. The van der Waals surface area contributed by atoms with Crippen molar-refractivity contribution in [2.24, 2.45) is 4.99 Å². The Morgan fingerprint density at radius 3 is 3.19 bits per heavy atom. The van der Waals surface area contributed by atoms with Gasteiger partial charge in [0.15, 0.2) is 0 Å². The van der Waals surface area contributed by atoms with E-state index in [1.807, 2.05) is 23.9 Å². The van der Waals surface area contributed by atoms with Crippen LogP contribution in [0.15, 0.2) is 34.2 Å². The van der Waals surface area contributed by atoms with Crippen molar-refractivity contribution in [1.82, 2.24) is 0 Å². The van der Waals surface area contributed by atoms with E-state index < -0.39 is 0 Å². The van der Waals surface area contributed by atoms with E-state index >= 15 is 0 Å². The predicted octanol–water partition coefficient (Wildman–Crippen LogP) is 3.86. The monoisotopic (exact) mass is 248 g/mol. The summed E-state index contributed by atoms with van der Waals surface area (Å²) in [6, 6.07) is 10.4. The molecule has 1 aliphatic rings. The summed E-state index contributed by atoms with van der Waals surface area (Å²) in [5, 5.41) is 9.62. The van der Waals surface area contributed by atoms with Gasteiger partial charge in [-0.3, -0.25) is 0 Å². The van der Waals surface area contributed by atoms with Gasteiger partial charge >= 0.3 is 0 Å². The summed E-state index contributed by atoms with van der Waals surface area (Å²) in [7, 11) is 0. The SMILES string of the molecule is N#CCCCSC1=Nc2ccccc2SC1. The highest BCUT2D eigenvalue weighted by Crippen LogP contribution is 2.35. The fraction of sp³-hybridized carbons (Fsp3) is 0.333. The molecule has 0 fully saturated rings. The number of aliphatic imine (C=N–C) groups is 1. The maximum atomic E-state index is 8.44. The van der Waals surface area contributed by atoms with Gasteiger partial charge in [0.2, 0.25) is 0 Å². The lowest BCUT2D eigenvalue weighted by Gasteiger charge is -2.13. The zero-order chi connectivity index (χ0) is 11.2. The molecule has 0 amide bonds. The minimum absolute atomic E-state index is 0.643. The van der Waals surface area contributed by atoms with Crippen molar-refractivity contribution in [2.45, 2.75) is 17.7 Å². The molecule has 0 atom stereocenters. The Morgan fingerprint density at radius 1 is 1.44 bits per heavy atom. The molecule has 0 unspecified atom stereocenters. The average molecular weight is 248 g/mol. The second-order valence-electron chi connectivity index (χ2n) is 3.37. The first kappa shape index (κ1) is 11.6. The van der Waals surface area contributed by atoms with Gasteiger partial charge in [-0.2, -0.15) is 5.26 Å². The van der Waals surface area contributed by atoms with E-state index in [2.05, 4.69) is 23.2 Å². The molecule has 0 N–H and O–H groups in total. The van der Waals surface area contributed by atoms with Crippen molar-refractivity contribution < 1.29 is 0 Å². The Kier molecular flexibility index (Phi) is 4.32. The summed E-state index contributed by atoms with van der Waals surface area (Å²) in [5.41, 5.74) is 1.08. The summed E-state index contributed by atoms with van der Waals surface area (Å²) in [5.74, 6) is 1.96. The fourth-order valence-electron chi connectivity index (χ4n) is 1.39. The van der Waals surface area contributed by atoms with E-state index in [0.29, 0.717) is 6.42 Å². The van der Waals surface area contributed by atoms with Crippen molar-refractivity contribution in [2.75, 3.05) is 11.5 Å². The Morgan fingerprint density at radius 2 is 2.31 bits per heavy atom. The quantitative estimate of drug-likeness (QED) is 0.762. The maximum absolute atomic E-state index is 8.44. The largest absolute Gasteiger partial charge is 0.245 e. The zero-order valence-electron chi connectivity index (χ0n) is 8.85. The molecule has 1 aliphatic heterocycles. The Labute approximate surface area is 104 Å². The van der Waals surface area contributed by atoms with Gasteiger partial charge in [-0.1, -0.05) is 12.1 Å². The number of rotatable bonds is 3. The number of hydrogen-bond donors (Lipinski definition) is 0. The Hall–Kier alpha value is -0.920. The van der Waals surface area contributed by atoms with Crippen LogP contribution in [0, 0.1) is 11.3 Å². The van der Waals surface area contributed by atoms with Crippen molar-refractivity contribution >= 4 is 34.3 Å². The molecule has 0 saturated carbocycles. The van der Waals surface area contributed by atoms with Crippen LogP contribution in [0.2, 0.25) is 0 Å². The molecule has 0 aromatic heterocycles. The van der Waals surface area contributed by atoms with Gasteiger partial charge in [0.05, 0.1) is 16.8 Å². The molecule has 82 valence electrons. The molecule has 0 radical (unpaired) electrons. The van der Waals surface area contributed by atoms with E-state index in [4.69, 9.17) is 5.26 Å². The van der Waals surface area contributed by atoms with Crippen LogP contribution in [0.1, 0.15) is 12.8 Å². The highest BCUT2D eigenvalue weighted by atomic mass is 32.2. The first-order valence-electron chi connectivity index (χ1n) is 5.19. The Bertz CT molecular complexity index is 435. The molecule has 1 aromatic carbocycles. The summed E-state index contributed by atoms with van der Waals surface area (Å²) in [4.78, 5) is 5.89. The van der Waals surface area contributed by atoms with E-state index in [9.17, 15) is 0 Å².